The molecule has 1 amide bonds. The fraction of sp³-hybridized carbons (Fsp3) is 0.900. The van der Waals surface area contributed by atoms with Crippen LogP contribution in [0.25, 0.3) is 0 Å². The largest absolute Gasteiger partial charge is 0.378 e. The predicted molar refractivity (Wildman–Crippen MR) is 53.6 cm³/mol. The van der Waals surface area contributed by atoms with Crippen LogP contribution in [0.5, 0.6) is 0 Å². The number of rotatable bonds is 3. The fourth-order valence-electron chi connectivity index (χ4n) is 1.11. The van der Waals surface area contributed by atoms with E-state index in [1.165, 1.54) is 0 Å². The lowest BCUT2D eigenvalue weighted by molar-refractivity contribution is -0.119. The first-order valence-electron chi connectivity index (χ1n) is 5.07. The van der Waals surface area contributed by atoms with Gasteiger partial charge in [-0.05, 0) is 13.8 Å². The molecule has 0 aromatic carbocycles. The molecular weight excluding hydrogens is 166 g/mol. The van der Waals surface area contributed by atoms with Crippen molar-refractivity contribution in [2.45, 2.75) is 40.2 Å². The first kappa shape index (κ1) is 12.4. The minimum atomic E-state index is 0.155. The highest BCUT2D eigenvalue weighted by Gasteiger charge is 2.21. The van der Waals surface area contributed by atoms with E-state index < -0.39 is 0 Å². The highest BCUT2D eigenvalue weighted by atomic mass is 16.5. The summed E-state index contributed by atoms with van der Waals surface area (Å²) in [6.45, 7) is 9.50. The highest BCUT2D eigenvalue weighted by molar-refractivity contribution is 5.78. The Morgan fingerprint density at radius 2 is 2.15 bits per heavy atom. The van der Waals surface area contributed by atoms with Crippen molar-refractivity contribution in [1.82, 2.24) is 5.32 Å². The van der Waals surface area contributed by atoms with Gasteiger partial charge in [0.05, 0.1) is 12.7 Å². The third kappa shape index (κ3) is 5.64. The van der Waals surface area contributed by atoms with Crippen LogP contribution in [0, 0.1) is 5.92 Å². The van der Waals surface area contributed by atoms with E-state index in [9.17, 15) is 4.79 Å². The van der Waals surface area contributed by atoms with E-state index in [-0.39, 0.29) is 12.0 Å². The number of carbonyl (C=O) groups excluding carboxylic acids is 1. The highest BCUT2D eigenvalue weighted by Crippen LogP contribution is 2.09. The first-order valence-corrected chi connectivity index (χ1v) is 5.07. The number of hydrogen-bond acceptors (Lipinski definition) is 2. The minimum Gasteiger partial charge on any atom is -0.378 e. The van der Waals surface area contributed by atoms with E-state index in [0.29, 0.717) is 18.9 Å². The van der Waals surface area contributed by atoms with Crippen LogP contribution in [-0.2, 0) is 9.53 Å². The van der Waals surface area contributed by atoms with Crippen molar-refractivity contribution in [2.24, 2.45) is 5.92 Å². The second kappa shape index (κ2) is 6.89. The minimum absolute atomic E-state index is 0.155. The summed E-state index contributed by atoms with van der Waals surface area (Å²) in [4.78, 5) is 10.7. The van der Waals surface area contributed by atoms with Crippen molar-refractivity contribution in [2.75, 3.05) is 13.2 Å². The smallest absolute Gasteiger partial charge is 0.220 e. The monoisotopic (exact) mass is 187 g/mol. The van der Waals surface area contributed by atoms with Crippen LogP contribution in [0.2, 0.25) is 0 Å². The molecule has 0 aromatic heterocycles. The van der Waals surface area contributed by atoms with E-state index >= 15 is 0 Å². The summed E-state index contributed by atoms with van der Waals surface area (Å²) in [5, 5.41) is 2.77. The van der Waals surface area contributed by atoms with Crippen LogP contribution in [0.4, 0.5) is 0 Å². The lowest BCUT2D eigenvalue weighted by atomic mass is 10.1. The van der Waals surface area contributed by atoms with Crippen molar-refractivity contribution in [3.8, 4) is 0 Å². The molecule has 13 heavy (non-hydrogen) atoms. The molecule has 1 fully saturated rings. The molecule has 1 atom stereocenters. The van der Waals surface area contributed by atoms with Gasteiger partial charge in [-0.25, -0.2) is 0 Å². The molecule has 1 N–H and O–H groups in total. The topological polar surface area (TPSA) is 38.3 Å². The molecular formula is C10H21NO2. The maximum Gasteiger partial charge on any atom is 0.220 e. The fourth-order valence-corrected chi connectivity index (χ4v) is 1.11. The van der Waals surface area contributed by atoms with Crippen molar-refractivity contribution < 1.29 is 9.53 Å². The Balaban J connectivity index is 0.000000671. The van der Waals surface area contributed by atoms with Gasteiger partial charge >= 0.3 is 0 Å². The summed E-state index contributed by atoms with van der Waals surface area (Å²) >= 11 is 0. The number of nitrogens with one attached hydrogen (secondary N) is 1. The molecule has 78 valence electrons. The molecule has 3 nitrogen and oxygen atoms in total. The Hall–Kier alpha value is -0.570. The SMILES string of the molecule is CC.CC(C)OCC1CNC(=O)C1. The average molecular weight is 187 g/mol. The van der Waals surface area contributed by atoms with Crippen LogP contribution in [0.1, 0.15) is 34.1 Å². The summed E-state index contributed by atoms with van der Waals surface area (Å²) in [6.07, 6.45) is 0.901. The molecule has 0 aromatic rings. The Morgan fingerprint density at radius 1 is 1.54 bits per heavy atom. The lowest BCUT2D eigenvalue weighted by Crippen LogP contribution is -2.17. The number of ether oxygens (including phenoxy) is 1. The molecule has 0 bridgehead atoms. The Morgan fingerprint density at radius 3 is 2.54 bits per heavy atom. The zero-order chi connectivity index (χ0) is 10.3. The Bertz CT molecular complexity index is 146. The van der Waals surface area contributed by atoms with Gasteiger partial charge in [0.1, 0.15) is 0 Å². The van der Waals surface area contributed by atoms with Crippen LogP contribution in [0.3, 0.4) is 0 Å². The molecule has 1 aliphatic rings. The van der Waals surface area contributed by atoms with Gasteiger partial charge in [-0.15, -0.1) is 0 Å². The lowest BCUT2D eigenvalue weighted by Gasteiger charge is -2.10. The predicted octanol–water partition coefficient (Wildman–Crippen LogP) is 1.57. The molecule has 0 spiro atoms. The van der Waals surface area contributed by atoms with Crippen LogP contribution < -0.4 is 5.32 Å². The third-order valence-corrected chi connectivity index (χ3v) is 1.73. The van der Waals surface area contributed by atoms with E-state index in [4.69, 9.17) is 4.74 Å². The Kier molecular flexibility index (Phi) is 6.59. The average Bonchev–Trinajstić information content (AvgIpc) is 2.52. The number of carbonyl (C=O) groups is 1. The molecule has 1 saturated heterocycles. The van der Waals surface area contributed by atoms with Gasteiger partial charge in [-0.2, -0.15) is 0 Å². The molecule has 1 rings (SSSR count). The van der Waals surface area contributed by atoms with Gasteiger partial charge in [0.2, 0.25) is 5.91 Å². The van der Waals surface area contributed by atoms with E-state index in [2.05, 4.69) is 5.32 Å². The second-order valence-corrected chi connectivity index (χ2v) is 3.26. The van der Waals surface area contributed by atoms with E-state index in [1.807, 2.05) is 27.7 Å². The summed E-state index contributed by atoms with van der Waals surface area (Å²) < 4.78 is 5.38. The molecule has 0 radical (unpaired) electrons. The zero-order valence-corrected chi connectivity index (χ0v) is 9.09. The van der Waals surface area contributed by atoms with Crippen molar-refractivity contribution in [3.05, 3.63) is 0 Å². The maximum absolute atomic E-state index is 10.7. The van der Waals surface area contributed by atoms with Gasteiger partial charge in [-0.1, -0.05) is 13.8 Å². The summed E-state index contributed by atoms with van der Waals surface area (Å²) in [7, 11) is 0. The number of amides is 1. The quantitative estimate of drug-likeness (QED) is 0.728. The molecule has 1 heterocycles. The van der Waals surface area contributed by atoms with Crippen LogP contribution >= 0.6 is 0 Å². The Labute approximate surface area is 80.8 Å². The van der Waals surface area contributed by atoms with E-state index in [1.54, 1.807) is 0 Å². The maximum atomic E-state index is 10.7. The third-order valence-electron chi connectivity index (χ3n) is 1.73. The summed E-state index contributed by atoms with van der Waals surface area (Å²) in [6, 6.07) is 0. The zero-order valence-electron chi connectivity index (χ0n) is 9.09. The van der Waals surface area contributed by atoms with Crippen molar-refractivity contribution in [1.29, 1.82) is 0 Å². The standard InChI is InChI=1S/C8H15NO2.C2H6/c1-6(2)11-5-7-3-8(10)9-4-7;1-2/h6-7H,3-5H2,1-2H3,(H,9,10);1-2H3. The molecule has 0 aliphatic carbocycles. The second-order valence-electron chi connectivity index (χ2n) is 3.26. The molecule has 1 unspecified atom stereocenters. The van der Waals surface area contributed by atoms with Gasteiger partial charge in [0, 0.05) is 18.9 Å². The summed E-state index contributed by atoms with van der Waals surface area (Å²) in [5.41, 5.74) is 0. The van der Waals surface area contributed by atoms with Crippen molar-refractivity contribution >= 4 is 5.91 Å². The normalized spacial score (nSPS) is 21.0. The summed E-state index contributed by atoms with van der Waals surface area (Å²) in [5.74, 6) is 0.548. The van der Waals surface area contributed by atoms with Gasteiger partial charge in [0.25, 0.3) is 0 Å². The van der Waals surface area contributed by atoms with Gasteiger partial charge < -0.3 is 10.1 Å². The van der Waals surface area contributed by atoms with Gasteiger partial charge in [0.15, 0.2) is 0 Å². The van der Waals surface area contributed by atoms with E-state index in [0.717, 1.165) is 6.54 Å². The van der Waals surface area contributed by atoms with Crippen LogP contribution in [0.15, 0.2) is 0 Å². The molecule has 1 aliphatic heterocycles. The van der Waals surface area contributed by atoms with Gasteiger partial charge in [-0.3, -0.25) is 4.79 Å². The van der Waals surface area contributed by atoms with Crippen LogP contribution in [-0.4, -0.2) is 25.2 Å². The first-order chi connectivity index (χ1) is 6.18. The number of hydrogen-bond donors (Lipinski definition) is 1. The van der Waals surface area contributed by atoms with Crippen molar-refractivity contribution in [3.63, 3.8) is 0 Å². The molecule has 3 heteroatoms. The molecule has 0 saturated carbocycles.